The third-order valence-corrected chi connectivity index (χ3v) is 3.81. The van der Waals surface area contributed by atoms with E-state index in [0.717, 1.165) is 37.4 Å². The molecule has 1 fully saturated rings. The second kappa shape index (κ2) is 4.37. The van der Waals surface area contributed by atoms with Gasteiger partial charge in [0.05, 0.1) is 6.20 Å². The Balaban J connectivity index is 1.34. The van der Waals surface area contributed by atoms with E-state index in [1.807, 2.05) is 10.9 Å². The van der Waals surface area contributed by atoms with Gasteiger partial charge in [-0.2, -0.15) is 0 Å². The minimum absolute atomic E-state index is 0.736. The number of rotatable bonds is 5. The highest BCUT2D eigenvalue weighted by atomic mass is 15.4. The number of nitrogens with one attached hydrogen (secondary N) is 1. The van der Waals surface area contributed by atoms with Crippen LogP contribution in [0.25, 0.3) is 0 Å². The van der Waals surface area contributed by atoms with Crippen molar-refractivity contribution < 1.29 is 0 Å². The summed E-state index contributed by atoms with van der Waals surface area (Å²) in [5.41, 5.74) is 0. The van der Waals surface area contributed by atoms with Crippen molar-refractivity contribution in [3.63, 3.8) is 0 Å². The van der Waals surface area contributed by atoms with Gasteiger partial charge in [0.25, 0.3) is 0 Å². The molecule has 3 unspecified atom stereocenters. The van der Waals surface area contributed by atoms with E-state index < -0.39 is 0 Å². The Labute approximate surface area is 95.7 Å². The maximum atomic E-state index is 3.95. The lowest BCUT2D eigenvalue weighted by Gasteiger charge is -2.40. The van der Waals surface area contributed by atoms with Crippen molar-refractivity contribution in [1.29, 1.82) is 0 Å². The molecule has 2 aliphatic carbocycles. The van der Waals surface area contributed by atoms with Crippen LogP contribution in [0.4, 0.5) is 0 Å². The Kier molecular flexibility index (Phi) is 2.74. The Morgan fingerprint density at radius 2 is 2.44 bits per heavy atom. The van der Waals surface area contributed by atoms with Crippen LogP contribution in [0.15, 0.2) is 24.5 Å². The number of aryl methyl sites for hydroxylation is 1. The van der Waals surface area contributed by atoms with Crippen LogP contribution >= 0.6 is 0 Å². The zero-order chi connectivity index (χ0) is 10.8. The first-order valence-corrected chi connectivity index (χ1v) is 6.17. The molecule has 1 N–H and O–H groups in total. The van der Waals surface area contributed by atoms with Crippen molar-refractivity contribution in [3.8, 4) is 0 Å². The minimum Gasteiger partial charge on any atom is -0.313 e. The zero-order valence-electron chi connectivity index (χ0n) is 9.42. The maximum Gasteiger partial charge on any atom is 0.0692 e. The molecule has 0 aromatic carbocycles. The summed E-state index contributed by atoms with van der Waals surface area (Å²) < 4.78 is 1.89. The zero-order valence-corrected chi connectivity index (χ0v) is 9.42. The van der Waals surface area contributed by atoms with Gasteiger partial charge in [0, 0.05) is 18.8 Å². The Morgan fingerprint density at radius 3 is 3.25 bits per heavy atom. The van der Waals surface area contributed by atoms with Gasteiger partial charge >= 0.3 is 0 Å². The number of nitrogens with zero attached hydrogens (tertiary/aromatic N) is 3. The summed E-state index contributed by atoms with van der Waals surface area (Å²) in [5.74, 6) is 1.78. The lowest BCUT2D eigenvalue weighted by atomic mass is 9.71. The standard InChI is InChI=1S/C12H18N4/c1-3-10-9-12(11(10)4-1)13-5-2-7-16-8-6-14-15-16/h1,4,6,8,10-13H,2-3,5,7,9H2. The molecule has 4 nitrogen and oxygen atoms in total. The first kappa shape index (κ1) is 10.0. The van der Waals surface area contributed by atoms with Gasteiger partial charge in [0.1, 0.15) is 0 Å². The van der Waals surface area contributed by atoms with Crippen LogP contribution in [-0.4, -0.2) is 27.6 Å². The van der Waals surface area contributed by atoms with Crippen LogP contribution in [0.3, 0.4) is 0 Å². The molecular formula is C12H18N4. The molecule has 1 aromatic heterocycles. The van der Waals surface area contributed by atoms with Crippen LogP contribution < -0.4 is 5.32 Å². The van der Waals surface area contributed by atoms with E-state index in [1.165, 1.54) is 12.8 Å². The maximum absolute atomic E-state index is 3.95. The molecule has 0 radical (unpaired) electrons. The Morgan fingerprint density at radius 1 is 1.44 bits per heavy atom. The fourth-order valence-corrected chi connectivity index (χ4v) is 2.83. The van der Waals surface area contributed by atoms with Gasteiger partial charge in [0.2, 0.25) is 0 Å². The molecule has 1 heterocycles. The molecule has 0 bridgehead atoms. The SMILES string of the molecule is C1=CC2C(C1)CC2NCCCn1ccnn1. The van der Waals surface area contributed by atoms with E-state index in [9.17, 15) is 0 Å². The quantitative estimate of drug-likeness (QED) is 0.597. The third kappa shape index (κ3) is 1.89. The smallest absolute Gasteiger partial charge is 0.0692 e. The van der Waals surface area contributed by atoms with Gasteiger partial charge in [-0.05, 0) is 37.6 Å². The highest BCUT2D eigenvalue weighted by Gasteiger charge is 2.40. The highest BCUT2D eigenvalue weighted by Crippen LogP contribution is 2.42. The fourth-order valence-electron chi connectivity index (χ4n) is 2.83. The highest BCUT2D eigenvalue weighted by molar-refractivity contribution is 5.12. The summed E-state index contributed by atoms with van der Waals surface area (Å²) >= 11 is 0. The molecule has 0 amide bonds. The van der Waals surface area contributed by atoms with E-state index >= 15 is 0 Å². The molecule has 3 atom stereocenters. The molecule has 0 spiro atoms. The average Bonchev–Trinajstić information content (AvgIpc) is 2.88. The fraction of sp³-hybridized carbons (Fsp3) is 0.667. The molecular weight excluding hydrogens is 200 g/mol. The summed E-state index contributed by atoms with van der Waals surface area (Å²) in [6.45, 7) is 2.05. The van der Waals surface area contributed by atoms with Crippen LogP contribution in [-0.2, 0) is 6.54 Å². The second-order valence-electron chi connectivity index (χ2n) is 4.82. The molecule has 1 aromatic rings. The predicted molar refractivity (Wildman–Crippen MR) is 61.8 cm³/mol. The number of hydrogen-bond donors (Lipinski definition) is 1. The van der Waals surface area contributed by atoms with Crippen LogP contribution in [0.1, 0.15) is 19.3 Å². The van der Waals surface area contributed by atoms with Crippen molar-refractivity contribution >= 4 is 0 Å². The monoisotopic (exact) mass is 218 g/mol. The predicted octanol–water partition coefficient (Wildman–Crippen LogP) is 1.22. The van der Waals surface area contributed by atoms with Gasteiger partial charge in [-0.15, -0.1) is 5.10 Å². The molecule has 16 heavy (non-hydrogen) atoms. The molecule has 1 saturated carbocycles. The molecule has 0 saturated heterocycles. The van der Waals surface area contributed by atoms with Crippen LogP contribution in [0.2, 0.25) is 0 Å². The first-order valence-electron chi connectivity index (χ1n) is 6.17. The lowest BCUT2D eigenvalue weighted by molar-refractivity contribution is 0.163. The number of aromatic nitrogens is 3. The summed E-state index contributed by atoms with van der Waals surface area (Å²) in [7, 11) is 0. The van der Waals surface area contributed by atoms with Crippen molar-refractivity contribution in [2.75, 3.05) is 6.54 Å². The van der Waals surface area contributed by atoms with E-state index in [-0.39, 0.29) is 0 Å². The van der Waals surface area contributed by atoms with Gasteiger partial charge in [-0.3, -0.25) is 4.68 Å². The minimum atomic E-state index is 0.736. The van der Waals surface area contributed by atoms with Crippen molar-refractivity contribution in [2.45, 2.75) is 31.8 Å². The Hall–Kier alpha value is -1.16. The summed E-state index contributed by atoms with van der Waals surface area (Å²) in [5, 5.41) is 11.4. The van der Waals surface area contributed by atoms with E-state index in [0.29, 0.717) is 0 Å². The number of fused-ring (bicyclic) bond motifs is 1. The van der Waals surface area contributed by atoms with Gasteiger partial charge in [-0.1, -0.05) is 17.4 Å². The number of allylic oxidation sites excluding steroid dienone is 1. The van der Waals surface area contributed by atoms with Crippen LogP contribution in [0.5, 0.6) is 0 Å². The third-order valence-electron chi connectivity index (χ3n) is 3.81. The van der Waals surface area contributed by atoms with Crippen LogP contribution in [0, 0.1) is 11.8 Å². The molecule has 4 heteroatoms. The van der Waals surface area contributed by atoms with Crippen molar-refractivity contribution in [1.82, 2.24) is 20.3 Å². The number of hydrogen-bond acceptors (Lipinski definition) is 3. The summed E-state index contributed by atoms with van der Waals surface area (Å²) in [4.78, 5) is 0. The van der Waals surface area contributed by atoms with Gasteiger partial charge in [-0.25, -0.2) is 0 Å². The van der Waals surface area contributed by atoms with Crippen molar-refractivity contribution in [3.05, 3.63) is 24.5 Å². The van der Waals surface area contributed by atoms with E-state index in [2.05, 4.69) is 27.8 Å². The lowest BCUT2D eigenvalue weighted by Crippen LogP contribution is -2.48. The topological polar surface area (TPSA) is 42.7 Å². The molecule has 86 valence electrons. The summed E-state index contributed by atoms with van der Waals surface area (Å²) in [6.07, 6.45) is 12.2. The Bertz CT molecular complexity index is 357. The molecule has 2 aliphatic rings. The van der Waals surface area contributed by atoms with Crippen molar-refractivity contribution in [2.24, 2.45) is 11.8 Å². The van der Waals surface area contributed by atoms with E-state index in [4.69, 9.17) is 0 Å². The first-order chi connectivity index (χ1) is 7.93. The molecule has 3 rings (SSSR count). The normalized spacial score (nSPS) is 31.4. The average molecular weight is 218 g/mol. The largest absolute Gasteiger partial charge is 0.313 e. The van der Waals surface area contributed by atoms with Gasteiger partial charge in [0.15, 0.2) is 0 Å². The summed E-state index contributed by atoms with van der Waals surface area (Å²) in [6, 6.07) is 0.736. The van der Waals surface area contributed by atoms with Gasteiger partial charge < -0.3 is 5.32 Å². The molecule has 0 aliphatic heterocycles. The second-order valence-corrected chi connectivity index (χ2v) is 4.82. The van der Waals surface area contributed by atoms with E-state index in [1.54, 1.807) is 6.20 Å².